The van der Waals surface area contributed by atoms with Crippen molar-refractivity contribution in [1.29, 1.82) is 0 Å². The van der Waals surface area contributed by atoms with Crippen molar-refractivity contribution in [2.45, 2.75) is 103 Å². The monoisotopic (exact) mass is 386 g/mol. The zero-order valence-electron chi connectivity index (χ0n) is 18.1. The Labute approximate surface area is 173 Å². The van der Waals surface area contributed by atoms with Gasteiger partial charge in [0.1, 0.15) is 0 Å². The van der Waals surface area contributed by atoms with Crippen LogP contribution < -0.4 is 0 Å². The lowest BCUT2D eigenvalue weighted by Gasteiger charge is -2.08. The summed E-state index contributed by atoms with van der Waals surface area (Å²) in [6, 6.07) is 9.93. The SMILES string of the molecule is CCCCCCCCCCCCCCCCC(/C=C/c1ccccc1)C(=O)O. The minimum Gasteiger partial charge on any atom is -0.481 e. The van der Waals surface area contributed by atoms with Gasteiger partial charge in [-0.25, -0.2) is 0 Å². The lowest BCUT2D eigenvalue weighted by atomic mass is 9.98. The molecule has 0 aliphatic heterocycles. The first-order valence-corrected chi connectivity index (χ1v) is 11.7. The Balaban J connectivity index is 1.97. The second-order valence-corrected chi connectivity index (χ2v) is 8.10. The number of hydrogen-bond donors (Lipinski definition) is 1. The summed E-state index contributed by atoms with van der Waals surface area (Å²) in [6.45, 7) is 2.27. The van der Waals surface area contributed by atoms with Crippen molar-refractivity contribution in [2.75, 3.05) is 0 Å². The van der Waals surface area contributed by atoms with Crippen LogP contribution in [-0.4, -0.2) is 11.1 Å². The molecule has 1 aromatic rings. The number of hydrogen-bond acceptors (Lipinski definition) is 1. The molecule has 0 amide bonds. The molecule has 0 heterocycles. The van der Waals surface area contributed by atoms with Gasteiger partial charge < -0.3 is 5.11 Å². The standard InChI is InChI=1S/C26H42O2/c1-2-3-4-5-6-7-8-9-10-11-12-13-14-18-21-25(26(27)28)23-22-24-19-16-15-17-20-24/h15-17,19-20,22-23,25H,2-14,18,21H2,1H3,(H,27,28)/b23-22+. The van der Waals surface area contributed by atoms with Crippen LogP contribution in [-0.2, 0) is 4.79 Å². The second-order valence-electron chi connectivity index (χ2n) is 8.10. The highest BCUT2D eigenvalue weighted by molar-refractivity contribution is 5.73. The van der Waals surface area contributed by atoms with Crippen molar-refractivity contribution in [3.05, 3.63) is 42.0 Å². The normalized spacial score (nSPS) is 12.5. The molecule has 2 heteroatoms. The average Bonchev–Trinajstić information content (AvgIpc) is 2.71. The van der Waals surface area contributed by atoms with Gasteiger partial charge >= 0.3 is 5.97 Å². The third-order valence-electron chi connectivity index (χ3n) is 5.51. The van der Waals surface area contributed by atoms with Crippen molar-refractivity contribution in [2.24, 2.45) is 5.92 Å². The number of aliphatic carboxylic acids is 1. The van der Waals surface area contributed by atoms with Crippen molar-refractivity contribution in [3.8, 4) is 0 Å². The van der Waals surface area contributed by atoms with E-state index in [1.54, 1.807) is 0 Å². The molecule has 1 aromatic carbocycles. The molecule has 1 N–H and O–H groups in total. The van der Waals surface area contributed by atoms with E-state index in [0.29, 0.717) is 0 Å². The zero-order chi connectivity index (χ0) is 20.3. The summed E-state index contributed by atoms with van der Waals surface area (Å²) in [5.41, 5.74) is 1.06. The topological polar surface area (TPSA) is 37.3 Å². The van der Waals surface area contributed by atoms with Gasteiger partial charge in [0.15, 0.2) is 0 Å². The zero-order valence-corrected chi connectivity index (χ0v) is 18.1. The second kappa shape index (κ2) is 17.5. The summed E-state index contributed by atoms with van der Waals surface area (Å²) >= 11 is 0. The van der Waals surface area contributed by atoms with Crippen molar-refractivity contribution >= 4 is 12.0 Å². The lowest BCUT2D eigenvalue weighted by molar-refractivity contribution is -0.140. The Morgan fingerprint density at radius 1 is 0.786 bits per heavy atom. The molecule has 0 aliphatic carbocycles. The highest BCUT2D eigenvalue weighted by Crippen LogP contribution is 2.17. The van der Waals surface area contributed by atoms with Gasteiger partial charge in [0.05, 0.1) is 5.92 Å². The number of benzene rings is 1. The van der Waals surface area contributed by atoms with Gasteiger partial charge in [-0.3, -0.25) is 4.79 Å². The maximum atomic E-state index is 11.4. The first-order chi connectivity index (χ1) is 13.7. The maximum Gasteiger partial charge on any atom is 0.310 e. The number of carboxylic acids is 1. The van der Waals surface area contributed by atoms with E-state index in [-0.39, 0.29) is 5.92 Å². The van der Waals surface area contributed by atoms with E-state index < -0.39 is 5.97 Å². The molecule has 1 rings (SSSR count). The molecule has 0 saturated heterocycles. The summed E-state index contributed by atoms with van der Waals surface area (Å²) in [4.78, 5) is 11.4. The first-order valence-electron chi connectivity index (χ1n) is 11.7. The quantitative estimate of drug-likeness (QED) is 0.258. The van der Waals surface area contributed by atoms with Crippen LogP contribution in [0.1, 0.15) is 109 Å². The van der Waals surface area contributed by atoms with Gasteiger partial charge in [-0.05, 0) is 12.0 Å². The van der Waals surface area contributed by atoms with Gasteiger partial charge in [0.25, 0.3) is 0 Å². The Hall–Kier alpha value is -1.57. The summed E-state index contributed by atoms with van der Waals surface area (Å²) < 4.78 is 0. The van der Waals surface area contributed by atoms with Crippen LogP contribution >= 0.6 is 0 Å². The number of carboxylic acid groups (broad SMARTS) is 1. The van der Waals surface area contributed by atoms with Crippen LogP contribution in [0.3, 0.4) is 0 Å². The minimum atomic E-state index is -0.707. The molecule has 1 unspecified atom stereocenters. The van der Waals surface area contributed by atoms with Gasteiger partial charge in [0.2, 0.25) is 0 Å². The third-order valence-corrected chi connectivity index (χ3v) is 5.51. The summed E-state index contributed by atoms with van der Waals surface area (Å²) in [7, 11) is 0. The third kappa shape index (κ3) is 13.6. The fourth-order valence-corrected chi connectivity index (χ4v) is 3.65. The molecular weight excluding hydrogens is 344 g/mol. The summed E-state index contributed by atoms with van der Waals surface area (Å²) in [6.07, 6.45) is 23.1. The van der Waals surface area contributed by atoms with Crippen molar-refractivity contribution < 1.29 is 9.90 Å². The molecule has 0 aliphatic rings. The predicted octanol–water partition coefficient (Wildman–Crippen LogP) is 8.27. The lowest BCUT2D eigenvalue weighted by Crippen LogP contribution is -2.10. The Bertz CT molecular complexity index is 506. The fraction of sp³-hybridized carbons (Fsp3) is 0.654. The molecule has 158 valence electrons. The van der Waals surface area contributed by atoms with E-state index in [1.807, 2.05) is 42.5 Å². The van der Waals surface area contributed by atoms with Gasteiger partial charge in [-0.2, -0.15) is 0 Å². The average molecular weight is 387 g/mol. The van der Waals surface area contributed by atoms with Gasteiger partial charge in [-0.1, -0.05) is 139 Å². The molecule has 0 fully saturated rings. The predicted molar refractivity (Wildman–Crippen MR) is 122 cm³/mol. The molecular formula is C26H42O2. The highest BCUT2D eigenvalue weighted by Gasteiger charge is 2.12. The Kier molecular flexibility index (Phi) is 15.3. The molecule has 28 heavy (non-hydrogen) atoms. The number of carbonyl (C=O) groups is 1. The molecule has 0 spiro atoms. The van der Waals surface area contributed by atoms with E-state index in [1.165, 1.54) is 77.0 Å². The largest absolute Gasteiger partial charge is 0.481 e. The van der Waals surface area contributed by atoms with Crippen LogP contribution in [0.25, 0.3) is 6.08 Å². The molecule has 0 saturated carbocycles. The summed E-state index contributed by atoms with van der Waals surface area (Å²) in [5.74, 6) is -1.07. The Morgan fingerprint density at radius 2 is 1.25 bits per heavy atom. The Morgan fingerprint density at radius 3 is 1.71 bits per heavy atom. The van der Waals surface area contributed by atoms with Gasteiger partial charge in [0, 0.05) is 0 Å². The van der Waals surface area contributed by atoms with Crippen LogP contribution in [0.15, 0.2) is 36.4 Å². The van der Waals surface area contributed by atoms with E-state index >= 15 is 0 Å². The smallest absolute Gasteiger partial charge is 0.310 e. The van der Waals surface area contributed by atoms with Crippen LogP contribution in [0, 0.1) is 5.92 Å². The molecule has 0 radical (unpaired) electrons. The van der Waals surface area contributed by atoms with Crippen LogP contribution in [0.5, 0.6) is 0 Å². The van der Waals surface area contributed by atoms with E-state index in [0.717, 1.165) is 24.8 Å². The van der Waals surface area contributed by atoms with Crippen LogP contribution in [0.4, 0.5) is 0 Å². The molecule has 2 nitrogen and oxygen atoms in total. The molecule has 0 aromatic heterocycles. The maximum absolute atomic E-state index is 11.4. The van der Waals surface area contributed by atoms with Gasteiger partial charge in [-0.15, -0.1) is 0 Å². The van der Waals surface area contributed by atoms with Crippen molar-refractivity contribution in [1.82, 2.24) is 0 Å². The minimum absolute atomic E-state index is 0.363. The number of rotatable bonds is 18. The summed E-state index contributed by atoms with van der Waals surface area (Å²) in [5, 5.41) is 9.40. The molecule has 1 atom stereocenters. The van der Waals surface area contributed by atoms with E-state index in [9.17, 15) is 9.90 Å². The molecule has 0 bridgehead atoms. The fourth-order valence-electron chi connectivity index (χ4n) is 3.65. The van der Waals surface area contributed by atoms with Crippen LogP contribution in [0.2, 0.25) is 0 Å². The van der Waals surface area contributed by atoms with E-state index in [2.05, 4.69) is 6.92 Å². The van der Waals surface area contributed by atoms with E-state index in [4.69, 9.17) is 0 Å². The highest BCUT2D eigenvalue weighted by atomic mass is 16.4. The first kappa shape index (κ1) is 24.5. The van der Waals surface area contributed by atoms with Crippen molar-refractivity contribution in [3.63, 3.8) is 0 Å². The number of unbranched alkanes of at least 4 members (excludes halogenated alkanes) is 13.